The van der Waals surface area contributed by atoms with E-state index in [1.165, 1.54) is 0 Å². The first-order chi connectivity index (χ1) is 6.52. The normalized spacial score (nSPS) is 13.9. The number of hydrogen-bond acceptors (Lipinski definition) is 3. The molecule has 0 aliphatic carbocycles. The van der Waals surface area contributed by atoms with Gasteiger partial charge in [0.05, 0.1) is 6.61 Å². The predicted octanol–water partition coefficient (Wildman–Crippen LogP) is 1.33. The maximum atomic E-state index is 5.68. The van der Waals surface area contributed by atoms with Crippen molar-refractivity contribution >= 4 is 0 Å². The van der Waals surface area contributed by atoms with Crippen LogP contribution in [0.3, 0.4) is 0 Å². The zero-order chi connectivity index (χ0) is 11.0. The summed E-state index contributed by atoms with van der Waals surface area (Å²) in [6.07, 6.45) is 1.06. The fraction of sp³-hybridized carbons (Fsp3) is 1.00. The molecular weight excluding hydrogens is 176 g/mol. The highest BCUT2D eigenvalue weighted by atomic mass is 16.5. The zero-order valence-electron chi connectivity index (χ0n) is 10.1. The minimum absolute atomic E-state index is 0.300. The van der Waals surface area contributed by atoms with Crippen molar-refractivity contribution < 1.29 is 4.74 Å². The van der Waals surface area contributed by atoms with Gasteiger partial charge in [-0.15, -0.1) is 0 Å². The third-order valence-electron chi connectivity index (χ3n) is 2.03. The molecule has 0 radical (unpaired) electrons. The molecule has 1 unspecified atom stereocenters. The second kappa shape index (κ2) is 8.21. The molecule has 0 aliphatic rings. The molecule has 0 aliphatic heterocycles. The van der Waals surface area contributed by atoms with E-state index in [1.54, 1.807) is 0 Å². The van der Waals surface area contributed by atoms with Crippen molar-refractivity contribution in [3.63, 3.8) is 0 Å². The van der Waals surface area contributed by atoms with Gasteiger partial charge in [-0.05, 0) is 32.9 Å². The molecule has 2 N–H and O–H groups in total. The Labute approximate surface area is 88.6 Å². The van der Waals surface area contributed by atoms with Gasteiger partial charge >= 0.3 is 0 Å². The van der Waals surface area contributed by atoms with Crippen LogP contribution in [0, 0.1) is 5.92 Å². The monoisotopic (exact) mass is 202 g/mol. The molecule has 14 heavy (non-hydrogen) atoms. The lowest BCUT2D eigenvalue weighted by atomic mass is 10.2. The number of nitrogens with zero attached hydrogens (tertiary/aromatic N) is 1. The molecule has 1 atom stereocenters. The number of hydrogen-bond donors (Lipinski definition) is 1. The summed E-state index contributed by atoms with van der Waals surface area (Å²) in [5, 5.41) is 0. The largest absolute Gasteiger partial charge is 0.380 e. The van der Waals surface area contributed by atoms with Gasteiger partial charge in [-0.3, -0.25) is 0 Å². The number of rotatable bonds is 8. The van der Waals surface area contributed by atoms with Gasteiger partial charge in [0.25, 0.3) is 0 Å². The molecule has 0 saturated carbocycles. The lowest BCUT2D eigenvalue weighted by Gasteiger charge is -2.18. The van der Waals surface area contributed by atoms with Crippen LogP contribution in [-0.2, 0) is 4.74 Å². The summed E-state index contributed by atoms with van der Waals surface area (Å²) in [7, 11) is 2.11. The SMILES string of the molecule is CC(C)COCCN(C)CCC(C)N. The van der Waals surface area contributed by atoms with E-state index < -0.39 is 0 Å². The van der Waals surface area contributed by atoms with E-state index in [0.29, 0.717) is 12.0 Å². The van der Waals surface area contributed by atoms with Crippen LogP contribution in [-0.4, -0.2) is 44.3 Å². The Balaban J connectivity index is 3.22. The molecule has 0 bridgehead atoms. The first-order valence-corrected chi connectivity index (χ1v) is 5.54. The molecule has 0 spiro atoms. The first kappa shape index (κ1) is 13.9. The van der Waals surface area contributed by atoms with Crippen LogP contribution in [0.2, 0.25) is 0 Å². The summed E-state index contributed by atoms with van der Waals surface area (Å²) in [5.41, 5.74) is 5.68. The van der Waals surface area contributed by atoms with Crippen LogP contribution in [0.25, 0.3) is 0 Å². The Bertz CT molecular complexity index is 126. The molecule has 0 rings (SSSR count). The molecule has 0 amide bonds. The van der Waals surface area contributed by atoms with Gasteiger partial charge in [-0.1, -0.05) is 13.8 Å². The van der Waals surface area contributed by atoms with Crippen LogP contribution in [0.1, 0.15) is 27.2 Å². The topological polar surface area (TPSA) is 38.5 Å². The van der Waals surface area contributed by atoms with E-state index in [9.17, 15) is 0 Å². The summed E-state index contributed by atoms with van der Waals surface area (Å²) >= 11 is 0. The number of likely N-dealkylation sites (N-methyl/N-ethyl adjacent to an activating group) is 1. The minimum atomic E-state index is 0.300. The molecule has 0 fully saturated rings. The Hall–Kier alpha value is -0.120. The van der Waals surface area contributed by atoms with Crippen molar-refractivity contribution in [2.45, 2.75) is 33.2 Å². The lowest BCUT2D eigenvalue weighted by molar-refractivity contribution is 0.0910. The fourth-order valence-electron chi connectivity index (χ4n) is 1.08. The first-order valence-electron chi connectivity index (χ1n) is 5.54. The van der Waals surface area contributed by atoms with Crippen LogP contribution in [0.4, 0.5) is 0 Å². The van der Waals surface area contributed by atoms with Gasteiger partial charge in [0.1, 0.15) is 0 Å². The summed E-state index contributed by atoms with van der Waals surface area (Å²) in [6.45, 7) is 10.1. The predicted molar refractivity (Wildman–Crippen MR) is 61.4 cm³/mol. The third kappa shape index (κ3) is 9.96. The maximum Gasteiger partial charge on any atom is 0.0593 e. The highest BCUT2D eigenvalue weighted by molar-refractivity contribution is 4.57. The third-order valence-corrected chi connectivity index (χ3v) is 2.03. The summed E-state index contributed by atoms with van der Waals surface area (Å²) < 4.78 is 5.50. The Morgan fingerprint density at radius 3 is 2.36 bits per heavy atom. The second-order valence-corrected chi connectivity index (χ2v) is 4.54. The molecule has 0 aromatic rings. The van der Waals surface area contributed by atoms with Crippen molar-refractivity contribution in [3.8, 4) is 0 Å². The Morgan fingerprint density at radius 2 is 1.86 bits per heavy atom. The summed E-state index contributed by atoms with van der Waals surface area (Å²) in [4.78, 5) is 2.27. The second-order valence-electron chi connectivity index (χ2n) is 4.54. The van der Waals surface area contributed by atoms with E-state index >= 15 is 0 Å². The van der Waals surface area contributed by atoms with Gasteiger partial charge in [-0.2, -0.15) is 0 Å². The van der Waals surface area contributed by atoms with Gasteiger partial charge in [-0.25, -0.2) is 0 Å². The average molecular weight is 202 g/mol. The van der Waals surface area contributed by atoms with Crippen molar-refractivity contribution in [1.82, 2.24) is 4.90 Å². The van der Waals surface area contributed by atoms with E-state index in [1.807, 2.05) is 6.92 Å². The summed E-state index contributed by atoms with van der Waals surface area (Å²) in [5.74, 6) is 0.629. The van der Waals surface area contributed by atoms with Crippen molar-refractivity contribution in [1.29, 1.82) is 0 Å². The average Bonchev–Trinajstić information content (AvgIpc) is 2.08. The molecule has 0 aromatic heterocycles. The summed E-state index contributed by atoms with van der Waals surface area (Å²) in [6, 6.07) is 0.300. The Kier molecular flexibility index (Phi) is 8.14. The zero-order valence-corrected chi connectivity index (χ0v) is 10.1. The van der Waals surface area contributed by atoms with E-state index in [2.05, 4.69) is 25.8 Å². The number of nitrogens with two attached hydrogens (primary N) is 1. The van der Waals surface area contributed by atoms with Gasteiger partial charge in [0.15, 0.2) is 0 Å². The van der Waals surface area contributed by atoms with Crippen LogP contribution in [0.5, 0.6) is 0 Å². The molecule has 3 heteroatoms. The highest BCUT2D eigenvalue weighted by Gasteiger charge is 2.00. The highest BCUT2D eigenvalue weighted by Crippen LogP contribution is 1.94. The van der Waals surface area contributed by atoms with Crippen LogP contribution < -0.4 is 5.73 Å². The molecule has 0 saturated heterocycles. The van der Waals surface area contributed by atoms with Gasteiger partial charge in [0.2, 0.25) is 0 Å². The van der Waals surface area contributed by atoms with E-state index in [0.717, 1.165) is 32.7 Å². The molecule has 0 heterocycles. The Morgan fingerprint density at radius 1 is 1.21 bits per heavy atom. The maximum absolute atomic E-state index is 5.68. The van der Waals surface area contributed by atoms with E-state index in [4.69, 9.17) is 10.5 Å². The van der Waals surface area contributed by atoms with E-state index in [-0.39, 0.29) is 0 Å². The molecule has 86 valence electrons. The number of ether oxygens (including phenoxy) is 1. The molecule has 0 aromatic carbocycles. The van der Waals surface area contributed by atoms with Crippen molar-refractivity contribution in [2.24, 2.45) is 11.7 Å². The van der Waals surface area contributed by atoms with Gasteiger partial charge in [0, 0.05) is 19.2 Å². The minimum Gasteiger partial charge on any atom is -0.380 e. The smallest absolute Gasteiger partial charge is 0.0593 e. The van der Waals surface area contributed by atoms with Crippen molar-refractivity contribution in [2.75, 3.05) is 33.4 Å². The molecular formula is C11H26N2O. The van der Waals surface area contributed by atoms with Crippen molar-refractivity contribution in [3.05, 3.63) is 0 Å². The van der Waals surface area contributed by atoms with Crippen LogP contribution >= 0.6 is 0 Å². The lowest BCUT2D eigenvalue weighted by Crippen LogP contribution is -2.29. The quantitative estimate of drug-likeness (QED) is 0.603. The standard InChI is InChI=1S/C11H26N2O/c1-10(2)9-14-8-7-13(4)6-5-11(3)12/h10-11H,5-9,12H2,1-4H3. The van der Waals surface area contributed by atoms with Crippen LogP contribution in [0.15, 0.2) is 0 Å². The van der Waals surface area contributed by atoms with Gasteiger partial charge < -0.3 is 15.4 Å². The fourth-order valence-corrected chi connectivity index (χ4v) is 1.08. The molecule has 3 nitrogen and oxygen atoms in total.